The van der Waals surface area contributed by atoms with Crippen molar-refractivity contribution in [1.29, 1.82) is 0 Å². The molecular weight excluding hydrogens is 854 g/mol. The number of fused-ring (bicyclic) bond motifs is 2. The maximum Gasteiger partial charge on any atom is 0.264 e. The van der Waals surface area contributed by atoms with Crippen molar-refractivity contribution < 1.29 is 38.3 Å². The minimum absolute atomic E-state index is 0.00235. The monoisotopic (exact) mass is 905 g/mol. The van der Waals surface area contributed by atoms with Crippen molar-refractivity contribution in [3.05, 3.63) is 99.8 Å². The Bertz CT molecular complexity index is 2490. The molecule has 2 unspecified atom stereocenters. The zero-order chi connectivity index (χ0) is 45.2. The third kappa shape index (κ3) is 9.19. The molecule has 6 heterocycles. The van der Waals surface area contributed by atoms with E-state index in [4.69, 9.17) is 0 Å². The molecule has 0 aliphatic carbocycles. The summed E-state index contributed by atoms with van der Waals surface area (Å²) < 4.78 is 14.4. The van der Waals surface area contributed by atoms with E-state index in [1.807, 2.05) is 18.2 Å². The number of aromatic hydroxyl groups is 1. The minimum Gasteiger partial charge on any atom is -0.508 e. The van der Waals surface area contributed by atoms with Gasteiger partial charge in [0.25, 0.3) is 23.6 Å². The van der Waals surface area contributed by atoms with Gasteiger partial charge in [0.2, 0.25) is 11.8 Å². The summed E-state index contributed by atoms with van der Waals surface area (Å²) in [6.45, 7) is 7.66. The van der Waals surface area contributed by atoms with Crippen LogP contribution in [0.4, 0.5) is 20.9 Å². The molecule has 3 aromatic carbocycles. The van der Waals surface area contributed by atoms with Crippen LogP contribution in [-0.2, 0) is 20.9 Å². The number of aromatic nitrogens is 1. The molecule has 4 N–H and O–H groups in total. The zero-order valence-corrected chi connectivity index (χ0v) is 36.8. The first-order valence-corrected chi connectivity index (χ1v) is 23.3. The van der Waals surface area contributed by atoms with E-state index in [9.17, 15) is 38.3 Å². The minimum atomic E-state index is -1.28. The number of piperazine rings is 1. The van der Waals surface area contributed by atoms with Gasteiger partial charge in [-0.25, -0.2) is 9.37 Å². The average Bonchev–Trinajstić information content (AvgIpc) is 4.01. The van der Waals surface area contributed by atoms with Crippen LogP contribution >= 0.6 is 11.3 Å². The van der Waals surface area contributed by atoms with Crippen LogP contribution in [-0.4, -0.2) is 130 Å². The van der Waals surface area contributed by atoms with Crippen LogP contribution in [0.3, 0.4) is 0 Å². The van der Waals surface area contributed by atoms with E-state index in [-0.39, 0.29) is 47.7 Å². The first kappa shape index (κ1) is 44.0. The van der Waals surface area contributed by atoms with Crippen LogP contribution in [0.15, 0.2) is 66.2 Å². The van der Waals surface area contributed by atoms with Gasteiger partial charge >= 0.3 is 0 Å². The van der Waals surface area contributed by atoms with Gasteiger partial charge in [0.15, 0.2) is 5.13 Å². The number of carbonyl (C=O) groups excluding carboxylic acids is 6. The van der Waals surface area contributed by atoms with Crippen molar-refractivity contribution in [2.24, 2.45) is 0 Å². The molecule has 5 aliphatic rings. The van der Waals surface area contributed by atoms with Crippen LogP contribution < -0.4 is 20.9 Å². The number of amides is 6. The molecule has 2 atom stereocenters. The fraction of sp³-hybridized carbons (Fsp3) is 0.426. The lowest BCUT2D eigenvalue weighted by molar-refractivity contribution is -0.136. The lowest BCUT2D eigenvalue weighted by Crippen LogP contribution is -2.54. The summed E-state index contributed by atoms with van der Waals surface area (Å²) in [6, 6.07) is 12.6. The highest BCUT2D eigenvalue weighted by Gasteiger charge is 2.46. The molecular formula is C47H52FN9O7S. The average molecular weight is 906 g/mol. The van der Waals surface area contributed by atoms with Gasteiger partial charge in [-0.2, -0.15) is 0 Å². The first-order valence-electron chi connectivity index (χ1n) is 22.5. The molecule has 65 heavy (non-hydrogen) atoms. The van der Waals surface area contributed by atoms with Gasteiger partial charge in [0.1, 0.15) is 23.7 Å². The van der Waals surface area contributed by atoms with Crippen molar-refractivity contribution in [3.63, 3.8) is 0 Å². The van der Waals surface area contributed by atoms with E-state index in [1.54, 1.807) is 29.8 Å². The van der Waals surface area contributed by atoms with Crippen molar-refractivity contribution in [2.75, 3.05) is 67.9 Å². The highest BCUT2D eigenvalue weighted by Crippen LogP contribution is 2.38. The van der Waals surface area contributed by atoms with E-state index >= 15 is 0 Å². The summed E-state index contributed by atoms with van der Waals surface area (Å²) in [5.41, 5.74) is 3.35. The summed E-state index contributed by atoms with van der Waals surface area (Å²) in [5, 5.41) is 21.1. The van der Waals surface area contributed by atoms with E-state index in [0.29, 0.717) is 29.0 Å². The predicted octanol–water partition coefficient (Wildman–Crippen LogP) is 4.98. The number of hydrogen-bond acceptors (Lipinski definition) is 13. The molecule has 340 valence electrons. The second-order valence-corrected chi connectivity index (χ2v) is 18.2. The smallest absolute Gasteiger partial charge is 0.264 e. The van der Waals surface area contributed by atoms with E-state index < -0.39 is 47.4 Å². The van der Waals surface area contributed by atoms with Gasteiger partial charge in [0.05, 0.1) is 11.1 Å². The van der Waals surface area contributed by atoms with Gasteiger partial charge in [-0.1, -0.05) is 25.0 Å². The molecule has 0 saturated carbocycles. The zero-order valence-electron chi connectivity index (χ0n) is 36.0. The maximum absolute atomic E-state index is 14.4. The SMILES string of the molecule is O=C1CCC(N2C(=O)c3cccc(NCCCCCCN4CCN(C5CCN(c6ccc7c(c6)C(=O)N(C(C(=O)Nc6nccs6)c6cc(F)ccc6O)C7)CC5)CC4)c3C2=O)C(=O)N1. The van der Waals surface area contributed by atoms with Gasteiger partial charge in [0, 0.05) is 98.9 Å². The van der Waals surface area contributed by atoms with Crippen molar-refractivity contribution >= 4 is 63.3 Å². The van der Waals surface area contributed by atoms with Crippen molar-refractivity contribution in [3.8, 4) is 5.75 Å². The van der Waals surface area contributed by atoms with E-state index in [2.05, 4.69) is 35.6 Å². The second kappa shape index (κ2) is 19.1. The lowest BCUT2D eigenvalue weighted by Gasteiger charge is -2.43. The fourth-order valence-electron chi connectivity index (χ4n) is 9.91. The van der Waals surface area contributed by atoms with Crippen LogP contribution in [0.5, 0.6) is 5.75 Å². The van der Waals surface area contributed by atoms with Crippen LogP contribution in [0.2, 0.25) is 0 Å². The standard InChI is InChI=1S/C47H52FN9O7S/c48-30-9-12-38(58)35(26-30)41(43(61)52-47-50-17-25-65-47)56-28-29-8-10-32(27-34(29)44(56)62)54-19-14-31(15-20-54)55-23-21-53(22-24-55)18-4-2-1-3-16-49-36-7-5-6-33-40(36)46(64)57(45(33)63)37-11-13-39(59)51-42(37)60/h5-10,12,17,25-27,31,37,41,49,58H,1-4,11,13-16,18-24,28H2,(H,50,52,61)(H,51,59,60). The number of phenolic OH excluding ortho intramolecular Hbond substituents is 1. The van der Waals surface area contributed by atoms with Gasteiger partial charge in [-0.15, -0.1) is 11.3 Å². The Morgan fingerprint density at radius 1 is 0.877 bits per heavy atom. The molecule has 0 spiro atoms. The largest absolute Gasteiger partial charge is 0.508 e. The number of anilines is 3. The van der Waals surface area contributed by atoms with Gasteiger partial charge < -0.3 is 25.1 Å². The number of halogens is 1. The number of nitrogens with one attached hydrogen (secondary N) is 3. The fourth-order valence-corrected chi connectivity index (χ4v) is 10.4. The number of piperidine rings is 2. The van der Waals surface area contributed by atoms with Crippen LogP contribution in [0.25, 0.3) is 0 Å². The Labute approximate surface area is 379 Å². The van der Waals surface area contributed by atoms with Crippen LogP contribution in [0.1, 0.15) is 99.6 Å². The predicted molar refractivity (Wildman–Crippen MR) is 241 cm³/mol. The molecule has 6 amide bonds. The number of nitrogens with zero attached hydrogens (tertiary/aromatic N) is 6. The molecule has 0 radical (unpaired) electrons. The summed E-state index contributed by atoms with van der Waals surface area (Å²) in [6.07, 6.45) is 7.89. The number of hydrogen-bond donors (Lipinski definition) is 4. The first-order chi connectivity index (χ1) is 31.5. The van der Waals surface area contributed by atoms with Gasteiger partial charge in [-0.05, 0) is 86.7 Å². The molecule has 9 rings (SSSR count). The third-order valence-corrected chi connectivity index (χ3v) is 14.1. The number of rotatable bonds is 15. The summed E-state index contributed by atoms with van der Waals surface area (Å²) in [7, 11) is 0. The topological polar surface area (TPSA) is 188 Å². The normalized spacial score (nSPS) is 20.0. The molecule has 3 saturated heterocycles. The number of phenols is 1. The molecule has 1 aromatic heterocycles. The van der Waals surface area contributed by atoms with E-state index in [0.717, 1.165) is 113 Å². The highest BCUT2D eigenvalue weighted by molar-refractivity contribution is 7.13. The Morgan fingerprint density at radius 3 is 2.45 bits per heavy atom. The molecule has 3 fully saturated rings. The Balaban J connectivity index is 0.698. The summed E-state index contributed by atoms with van der Waals surface area (Å²) >= 11 is 1.22. The summed E-state index contributed by atoms with van der Waals surface area (Å²) in [5.74, 6) is -3.90. The van der Waals surface area contributed by atoms with Crippen molar-refractivity contribution in [1.82, 2.24) is 29.9 Å². The lowest BCUT2D eigenvalue weighted by atomic mass is 10.0. The third-order valence-electron chi connectivity index (χ3n) is 13.4. The van der Waals surface area contributed by atoms with E-state index in [1.165, 1.54) is 22.3 Å². The van der Waals surface area contributed by atoms with Crippen LogP contribution in [0, 0.1) is 5.82 Å². The van der Waals surface area contributed by atoms with Gasteiger partial charge in [-0.3, -0.25) is 49.2 Å². The molecule has 16 nitrogen and oxygen atoms in total. The number of thiazole rings is 1. The molecule has 0 bridgehead atoms. The molecule has 18 heteroatoms. The number of carbonyl (C=O) groups is 6. The quantitative estimate of drug-likeness (QED) is 0.0927. The maximum atomic E-state index is 14.4. The highest BCUT2D eigenvalue weighted by atomic mass is 32.1. The second-order valence-electron chi connectivity index (χ2n) is 17.3. The Hall–Kier alpha value is -6.24. The molecule has 5 aliphatic heterocycles. The summed E-state index contributed by atoms with van der Waals surface area (Å²) in [4.78, 5) is 92.2. The van der Waals surface area contributed by atoms with Crippen molar-refractivity contribution in [2.45, 2.75) is 76.0 Å². The number of benzene rings is 3. The number of imide groups is 2. The molecule has 4 aromatic rings. The number of unbranched alkanes of at least 4 members (excludes halogenated alkanes) is 3. The Kier molecular flexibility index (Phi) is 12.9. The Morgan fingerprint density at radius 2 is 1.68 bits per heavy atom.